The van der Waals surface area contributed by atoms with Crippen molar-refractivity contribution in [2.45, 2.75) is 4.90 Å². The lowest BCUT2D eigenvalue weighted by molar-refractivity contribution is -0.384. The number of nitrogens with one attached hydrogen (secondary N) is 1. The second-order valence-electron chi connectivity index (χ2n) is 4.34. The van der Waals surface area contributed by atoms with Gasteiger partial charge in [0.1, 0.15) is 4.90 Å². The van der Waals surface area contributed by atoms with Crippen molar-refractivity contribution in [1.29, 1.82) is 0 Å². The summed E-state index contributed by atoms with van der Waals surface area (Å²) in [6.45, 7) is 0. The van der Waals surface area contributed by atoms with Crippen molar-refractivity contribution in [1.82, 2.24) is 0 Å². The minimum absolute atomic E-state index is 0.0399. The molecule has 0 unspecified atom stereocenters. The third-order valence-electron chi connectivity index (χ3n) is 2.97. The van der Waals surface area contributed by atoms with Crippen LogP contribution >= 0.6 is 0 Å². The van der Waals surface area contributed by atoms with Gasteiger partial charge in [-0.15, -0.1) is 4.40 Å². The molecule has 0 aromatic heterocycles. The van der Waals surface area contributed by atoms with E-state index in [-0.39, 0.29) is 16.4 Å². The number of nitro groups is 1. The molecule has 2 aromatic rings. The smallest absolute Gasteiger partial charge is 0.285 e. The van der Waals surface area contributed by atoms with Gasteiger partial charge in [0.05, 0.1) is 4.92 Å². The molecule has 1 heterocycles. The molecule has 0 spiro atoms. The zero-order valence-electron chi connectivity index (χ0n) is 10.6. The molecule has 1 aliphatic rings. The largest absolute Gasteiger partial charge is 0.339 e. The van der Waals surface area contributed by atoms with Gasteiger partial charge in [0.15, 0.2) is 5.84 Å². The first kappa shape index (κ1) is 13.3. The van der Waals surface area contributed by atoms with Gasteiger partial charge in [0.2, 0.25) is 0 Å². The maximum Gasteiger partial charge on any atom is 0.285 e. The van der Waals surface area contributed by atoms with E-state index in [1.54, 1.807) is 18.2 Å². The summed E-state index contributed by atoms with van der Waals surface area (Å²) in [4.78, 5) is 10.2. The van der Waals surface area contributed by atoms with Gasteiger partial charge in [-0.25, -0.2) is 0 Å². The summed E-state index contributed by atoms with van der Waals surface area (Å²) in [5, 5.41) is 13.5. The van der Waals surface area contributed by atoms with Crippen LogP contribution in [0.5, 0.6) is 0 Å². The van der Waals surface area contributed by atoms with Gasteiger partial charge >= 0.3 is 0 Å². The highest BCUT2D eigenvalue weighted by atomic mass is 32.2. The van der Waals surface area contributed by atoms with Crippen LogP contribution < -0.4 is 5.32 Å². The predicted octanol–water partition coefficient (Wildman–Crippen LogP) is 2.16. The first-order valence-electron chi connectivity index (χ1n) is 5.93. The molecule has 1 N–H and O–H groups in total. The average molecular weight is 303 g/mol. The molecular weight excluding hydrogens is 294 g/mol. The Morgan fingerprint density at radius 1 is 1.05 bits per heavy atom. The quantitative estimate of drug-likeness (QED) is 0.676. The summed E-state index contributed by atoms with van der Waals surface area (Å²) in [5.74, 6) is 0.208. The topological polar surface area (TPSA) is 102 Å². The highest BCUT2D eigenvalue weighted by Crippen LogP contribution is 2.27. The monoisotopic (exact) mass is 303 g/mol. The minimum atomic E-state index is -3.68. The van der Waals surface area contributed by atoms with Crippen molar-refractivity contribution in [2.24, 2.45) is 4.40 Å². The molecule has 0 amide bonds. The van der Waals surface area contributed by atoms with E-state index in [1.165, 1.54) is 30.3 Å². The van der Waals surface area contributed by atoms with Crippen LogP contribution in [0.15, 0.2) is 57.8 Å². The molecule has 0 fully saturated rings. The van der Waals surface area contributed by atoms with E-state index < -0.39 is 14.9 Å². The number of sulfonamides is 1. The Labute approximate surface area is 120 Å². The summed E-state index contributed by atoms with van der Waals surface area (Å²) >= 11 is 0. The third kappa shape index (κ3) is 2.36. The number of anilines is 1. The van der Waals surface area contributed by atoms with Crippen molar-refractivity contribution in [3.63, 3.8) is 0 Å². The van der Waals surface area contributed by atoms with E-state index in [2.05, 4.69) is 9.71 Å². The van der Waals surface area contributed by atoms with Crippen LogP contribution in [0.25, 0.3) is 0 Å². The number of hydrogen-bond donors (Lipinski definition) is 1. The van der Waals surface area contributed by atoms with Gasteiger partial charge in [0, 0.05) is 23.4 Å². The van der Waals surface area contributed by atoms with Gasteiger partial charge in [0.25, 0.3) is 15.7 Å². The molecule has 7 nitrogen and oxygen atoms in total. The number of fused-ring (bicyclic) bond motifs is 1. The van der Waals surface area contributed by atoms with Crippen molar-refractivity contribution < 1.29 is 13.3 Å². The molecule has 1 aliphatic heterocycles. The second kappa shape index (κ2) is 4.67. The molecule has 0 aliphatic carbocycles. The number of hydrogen-bond acceptors (Lipinski definition) is 5. The van der Waals surface area contributed by atoms with E-state index >= 15 is 0 Å². The SMILES string of the molecule is O=[N+]([O-])c1ccc(NC2=NS(=O)(=O)c3ccccc32)cc1. The molecule has 0 saturated heterocycles. The zero-order valence-corrected chi connectivity index (χ0v) is 11.4. The lowest BCUT2D eigenvalue weighted by atomic mass is 10.2. The molecule has 2 aromatic carbocycles. The highest BCUT2D eigenvalue weighted by Gasteiger charge is 2.28. The molecular formula is C13H9N3O4S. The predicted molar refractivity (Wildman–Crippen MR) is 76.9 cm³/mol. The standard InChI is InChI=1S/C13H9N3O4S/c17-16(18)10-7-5-9(6-8-10)14-13-11-3-1-2-4-12(11)21(19,20)15-13/h1-8H,(H,14,15). The lowest BCUT2D eigenvalue weighted by Gasteiger charge is -2.05. The van der Waals surface area contributed by atoms with Crippen LogP contribution in [0.2, 0.25) is 0 Å². The fraction of sp³-hybridized carbons (Fsp3) is 0. The number of amidine groups is 1. The molecule has 106 valence electrons. The maximum atomic E-state index is 11.9. The lowest BCUT2D eigenvalue weighted by Crippen LogP contribution is -2.11. The van der Waals surface area contributed by atoms with E-state index in [0.717, 1.165) is 0 Å². The Kier molecular flexibility index (Phi) is 2.95. The molecule has 0 bridgehead atoms. The number of non-ortho nitro benzene ring substituents is 1. The first-order chi connectivity index (χ1) is 9.97. The van der Waals surface area contributed by atoms with Crippen molar-refractivity contribution in [3.8, 4) is 0 Å². The van der Waals surface area contributed by atoms with Crippen LogP contribution in [0.3, 0.4) is 0 Å². The van der Waals surface area contributed by atoms with Crippen LogP contribution in [0.4, 0.5) is 11.4 Å². The number of nitrogens with zero attached hydrogens (tertiary/aromatic N) is 2. The number of rotatable bonds is 2. The number of benzene rings is 2. The average Bonchev–Trinajstić information content (AvgIpc) is 2.71. The van der Waals surface area contributed by atoms with Crippen molar-refractivity contribution in [2.75, 3.05) is 5.32 Å². The van der Waals surface area contributed by atoms with Crippen LogP contribution in [-0.2, 0) is 10.0 Å². The Morgan fingerprint density at radius 3 is 2.38 bits per heavy atom. The molecule has 3 rings (SSSR count). The second-order valence-corrected chi connectivity index (χ2v) is 5.91. The summed E-state index contributed by atoms with van der Waals surface area (Å²) in [7, 11) is -3.68. The fourth-order valence-electron chi connectivity index (χ4n) is 2.00. The Hall–Kier alpha value is -2.74. The van der Waals surface area contributed by atoms with E-state index in [1.807, 2.05) is 0 Å². The van der Waals surface area contributed by atoms with Gasteiger partial charge in [-0.2, -0.15) is 8.42 Å². The molecule has 8 heteroatoms. The van der Waals surface area contributed by atoms with Crippen molar-refractivity contribution >= 4 is 27.2 Å². The van der Waals surface area contributed by atoms with E-state index in [9.17, 15) is 18.5 Å². The zero-order chi connectivity index (χ0) is 15.0. The van der Waals surface area contributed by atoms with Crippen LogP contribution in [-0.4, -0.2) is 19.2 Å². The molecule has 0 radical (unpaired) electrons. The van der Waals surface area contributed by atoms with Gasteiger partial charge in [-0.1, -0.05) is 12.1 Å². The molecule has 0 saturated carbocycles. The van der Waals surface area contributed by atoms with Crippen molar-refractivity contribution in [3.05, 3.63) is 64.2 Å². The van der Waals surface area contributed by atoms with E-state index in [0.29, 0.717) is 11.3 Å². The van der Waals surface area contributed by atoms with Crippen LogP contribution in [0.1, 0.15) is 5.56 Å². The van der Waals surface area contributed by atoms with Gasteiger partial charge in [-0.05, 0) is 24.3 Å². The fourth-order valence-corrected chi connectivity index (χ4v) is 3.17. The first-order valence-corrected chi connectivity index (χ1v) is 7.37. The Bertz CT molecular complexity index is 857. The van der Waals surface area contributed by atoms with Gasteiger partial charge < -0.3 is 5.32 Å². The van der Waals surface area contributed by atoms with Crippen LogP contribution in [0, 0.1) is 10.1 Å². The summed E-state index contributed by atoms with van der Waals surface area (Å²) < 4.78 is 27.4. The maximum absolute atomic E-state index is 11.9. The third-order valence-corrected chi connectivity index (χ3v) is 4.31. The number of nitro benzene ring substituents is 1. The van der Waals surface area contributed by atoms with Gasteiger partial charge in [-0.3, -0.25) is 10.1 Å². The highest BCUT2D eigenvalue weighted by molar-refractivity contribution is 7.90. The molecule has 0 atom stereocenters. The minimum Gasteiger partial charge on any atom is -0.339 e. The summed E-state index contributed by atoms with van der Waals surface area (Å²) in [6.07, 6.45) is 0. The molecule has 21 heavy (non-hydrogen) atoms. The Morgan fingerprint density at radius 2 is 1.71 bits per heavy atom. The van der Waals surface area contributed by atoms with E-state index in [4.69, 9.17) is 0 Å². The Balaban J connectivity index is 1.94. The summed E-state index contributed by atoms with van der Waals surface area (Å²) in [6, 6.07) is 12.1. The summed E-state index contributed by atoms with van der Waals surface area (Å²) in [5.41, 5.74) is 0.962. The normalized spacial score (nSPS) is 15.1.